The summed E-state index contributed by atoms with van der Waals surface area (Å²) < 4.78 is 1.97. The van der Waals surface area contributed by atoms with Gasteiger partial charge in [0.2, 0.25) is 5.91 Å². The summed E-state index contributed by atoms with van der Waals surface area (Å²) in [6.45, 7) is 0. The lowest BCUT2D eigenvalue weighted by molar-refractivity contribution is -0.113. The van der Waals surface area contributed by atoms with E-state index in [1.54, 1.807) is 29.5 Å². The highest BCUT2D eigenvalue weighted by Crippen LogP contribution is 2.29. The molecule has 1 fully saturated rings. The number of fused-ring (bicyclic) bond motifs is 1. The van der Waals surface area contributed by atoms with Crippen molar-refractivity contribution in [2.75, 3.05) is 11.1 Å². The van der Waals surface area contributed by atoms with E-state index in [0.717, 1.165) is 27.4 Å². The molecule has 0 saturated heterocycles. The van der Waals surface area contributed by atoms with Crippen molar-refractivity contribution in [1.82, 2.24) is 10.3 Å². The Balaban J connectivity index is 1.39. The number of rotatable bonds is 6. The number of benzene rings is 2. The fraction of sp³-hybridized carbons (Fsp3) is 0.211. The van der Waals surface area contributed by atoms with E-state index in [2.05, 4.69) is 15.6 Å². The molecule has 0 atom stereocenters. The fourth-order valence-corrected chi connectivity index (χ4v) is 4.38. The standard InChI is InChI=1S/C19H17N3O2S2/c23-17(11-25-19-22-15-7-3-4-8-16(15)26-19)21-14-6-2-1-5-13(14)18(24)20-12-9-10-12/h1-8,12H,9-11H2,(H,20,24)(H,21,23). The van der Waals surface area contributed by atoms with Crippen LogP contribution in [0, 0.1) is 0 Å². The van der Waals surface area contributed by atoms with E-state index in [1.807, 2.05) is 30.3 Å². The van der Waals surface area contributed by atoms with E-state index in [4.69, 9.17) is 0 Å². The maximum Gasteiger partial charge on any atom is 0.253 e. The topological polar surface area (TPSA) is 71.1 Å². The number of aromatic nitrogens is 1. The molecule has 26 heavy (non-hydrogen) atoms. The van der Waals surface area contributed by atoms with Gasteiger partial charge < -0.3 is 10.6 Å². The number of carbonyl (C=O) groups is 2. The monoisotopic (exact) mass is 383 g/mol. The second kappa shape index (κ2) is 7.47. The molecule has 2 aromatic carbocycles. The van der Waals surface area contributed by atoms with Crippen molar-refractivity contribution in [3.8, 4) is 0 Å². The maximum absolute atomic E-state index is 12.3. The number of anilines is 1. The van der Waals surface area contributed by atoms with Crippen molar-refractivity contribution in [1.29, 1.82) is 0 Å². The van der Waals surface area contributed by atoms with Crippen LogP contribution in [-0.4, -0.2) is 28.6 Å². The molecule has 0 spiro atoms. The van der Waals surface area contributed by atoms with Gasteiger partial charge in [0.25, 0.3) is 5.91 Å². The molecule has 0 unspecified atom stereocenters. The van der Waals surface area contributed by atoms with Crippen LogP contribution in [0.2, 0.25) is 0 Å². The Labute approximate surface area is 159 Å². The molecule has 1 heterocycles. The predicted octanol–water partition coefficient (Wildman–Crippen LogP) is 3.92. The Morgan fingerprint density at radius 3 is 2.69 bits per heavy atom. The summed E-state index contributed by atoms with van der Waals surface area (Å²) in [5.41, 5.74) is 1.99. The average molecular weight is 383 g/mol. The molecule has 132 valence electrons. The molecule has 0 bridgehead atoms. The third-order valence-electron chi connectivity index (χ3n) is 3.96. The van der Waals surface area contributed by atoms with Gasteiger partial charge in [-0.15, -0.1) is 11.3 Å². The molecule has 1 aromatic heterocycles. The number of thiazole rings is 1. The van der Waals surface area contributed by atoms with Gasteiger partial charge in [0.05, 0.1) is 27.2 Å². The maximum atomic E-state index is 12.3. The van der Waals surface area contributed by atoms with Crippen molar-refractivity contribution < 1.29 is 9.59 Å². The molecule has 2 amide bonds. The third kappa shape index (κ3) is 4.05. The molecule has 0 aliphatic heterocycles. The lowest BCUT2D eigenvalue weighted by Gasteiger charge is -2.10. The zero-order chi connectivity index (χ0) is 17.9. The first kappa shape index (κ1) is 17.1. The highest BCUT2D eigenvalue weighted by Gasteiger charge is 2.25. The van der Waals surface area contributed by atoms with Crippen molar-refractivity contribution >= 4 is 50.8 Å². The van der Waals surface area contributed by atoms with E-state index in [0.29, 0.717) is 11.3 Å². The number of para-hydroxylation sites is 2. The zero-order valence-corrected chi connectivity index (χ0v) is 15.5. The van der Waals surface area contributed by atoms with Gasteiger partial charge in [-0.1, -0.05) is 36.0 Å². The summed E-state index contributed by atoms with van der Waals surface area (Å²) >= 11 is 2.98. The number of hydrogen-bond acceptors (Lipinski definition) is 5. The minimum Gasteiger partial charge on any atom is -0.349 e. The van der Waals surface area contributed by atoms with Gasteiger partial charge in [-0.05, 0) is 37.1 Å². The van der Waals surface area contributed by atoms with Crippen molar-refractivity contribution in [2.45, 2.75) is 23.2 Å². The van der Waals surface area contributed by atoms with Crippen LogP contribution < -0.4 is 10.6 Å². The van der Waals surface area contributed by atoms with Crippen molar-refractivity contribution in [3.63, 3.8) is 0 Å². The number of nitrogens with zero attached hydrogens (tertiary/aromatic N) is 1. The highest BCUT2D eigenvalue weighted by molar-refractivity contribution is 8.01. The van der Waals surface area contributed by atoms with Crippen molar-refractivity contribution in [2.24, 2.45) is 0 Å². The average Bonchev–Trinajstić information content (AvgIpc) is 3.35. The van der Waals surface area contributed by atoms with E-state index in [-0.39, 0.29) is 23.6 Å². The molecular weight excluding hydrogens is 366 g/mol. The van der Waals surface area contributed by atoms with Crippen LogP contribution in [-0.2, 0) is 4.79 Å². The third-order valence-corrected chi connectivity index (χ3v) is 6.14. The number of amides is 2. The Morgan fingerprint density at radius 2 is 1.88 bits per heavy atom. The van der Waals surface area contributed by atoms with Gasteiger partial charge in [-0.2, -0.15) is 0 Å². The first-order valence-electron chi connectivity index (χ1n) is 8.37. The van der Waals surface area contributed by atoms with Crippen molar-refractivity contribution in [3.05, 3.63) is 54.1 Å². The van der Waals surface area contributed by atoms with Gasteiger partial charge in [-0.25, -0.2) is 4.98 Å². The summed E-state index contributed by atoms with van der Waals surface area (Å²) in [4.78, 5) is 29.1. The van der Waals surface area contributed by atoms with Crippen LogP contribution in [0.25, 0.3) is 10.2 Å². The lowest BCUT2D eigenvalue weighted by Crippen LogP contribution is -2.27. The Hall–Kier alpha value is -2.38. The summed E-state index contributed by atoms with van der Waals surface area (Å²) in [6.07, 6.45) is 2.05. The minimum atomic E-state index is -0.152. The van der Waals surface area contributed by atoms with Crippen LogP contribution in [0.15, 0.2) is 52.9 Å². The summed E-state index contributed by atoms with van der Waals surface area (Å²) in [5, 5.41) is 5.80. The normalized spacial score (nSPS) is 13.5. The fourth-order valence-electron chi connectivity index (χ4n) is 2.51. The minimum absolute atomic E-state index is 0.137. The van der Waals surface area contributed by atoms with Gasteiger partial charge in [-0.3, -0.25) is 9.59 Å². The van der Waals surface area contributed by atoms with Crippen LogP contribution in [0.4, 0.5) is 5.69 Å². The van der Waals surface area contributed by atoms with Crippen LogP contribution >= 0.6 is 23.1 Å². The first-order chi connectivity index (χ1) is 12.7. The number of thioether (sulfide) groups is 1. The van der Waals surface area contributed by atoms with E-state index in [9.17, 15) is 9.59 Å². The Bertz CT molecular complexity index is 933. The zero-order valence-electron chi connectivity index (χ0n) is 13.9. The van der Waals surface area contributed by atoms with Gasteiger partial charge in [0, 0.05) is 6.04 Å². The molecule has 3 aromatic rings. The summed E-state index contributed by atoms with van der Waals surface area (Å²) in [6, 6.07) is 15.3. The Morgan fingerprint density at radius 1 is 1.12 bits per heavy atom. The number of hydrogen-bond donors (Lipinski definition) is 2. The molecule has 0 radical (unpaired) electrons. The molecule has 2 N–H and O–H groups in total. The second-order valence-electron chi connectivity index (χ2n) is 6.08. The second-order valence-corrected chi connectivity index (χ2v) is 8.33. The molecule has 5 nitrogen and oxygen atoms in total. The summed E-state index contributed by atoms with van der Waals surface area (Å²) in [7, 11) is 0. The molecule has 7 heteroatoms. The van der Waals surface area contributed by atoms with Crippen LogP contribution in [0.1, 0.15) is 23.2 Å². The number of nitrogens with one attached hydrogen (secondary N) is 2. The first-order valence-corrected chi connectivity index (χ1v) is 10.2. The van der Waals surface area contributed by atoms with E-state index >= 15 is 0 Å². The molecule has 1 aliphatic carbocycles. The SMILES string of the molecule is O=C(CSc1nc2ccccc2s1)Nc1ccccc1C(=O)NC1CC1. The largest absolute Gasteiger partial charge is 0.349 e. The van der Waals surface area contributed by atoms with Gasteiger partial charge in [0.15, 0.2) is 4.34 Å². The number of carbonyl (C=O) groups excluding carboxylic acids is 2. The molecular formula is C19H17N3O2S2. The van der Waals surface area contributed by atoms with E-state index in [1.165, 1.54) is 11.8 Å². The van der Waals surface area contributed by atoms with Crippen LogP contribution in [0.3, 0.4) is 0 Å². The lowest BCUT2D eigenvalue weighted by atomic mass is 10.1. The van der Waals surface area contributed by atoms with Gasteiger partial charge >= 0.3 is 0 Å². The quantitative estimate of drug-likeness (QED) is 0.633. The Kier molecular flexibility index (Phi) is 4.90. The smallest absolute Gasteiger partial charge is 0.253 e. The summed E-state index contributed by atoms with van der Waals surface area (Å²) in [5.74, 6) is -0.0403. The van der Waals surface area contributed by atoms with Gasteiger partial charge in [0.1, 0.15) is 0 Å². The predicted molar refractivity (Wildman–Crippen MR) is 106 cm³/mol. The molecule has 4 rings (SSSR count). The van der Waals surface area contributed by atoms with E-state index < -0.39 is 0 Å². The molecule has 1 saturated carbocycles. The van der Waals surface area contributed by atoms with Crippen LogP contribution in [0.5, 0.6) is 0 Å². The highest BCUT2D eigenvalue weighted by atomic mass is 32.2. The molecule has 1 aliphatic rings.